The summed E-state index contributed by atoms with van der Waals surface area (Å²) in [6, 6.07) is 0. The first-order valence-electron chi connectivity index (χ1n) is 5.63. The summed E-state index contributed by atoms with van der Waals surface area (Å²) in [6.07, 6.45) is 4.94. The van der Waals surface area contributed by atoms with Crippen LogP contribution >= 0.6 is 0 Å². The van der Waals surface area contributed by atoms with Crippen molar-refractivity contribution >= 4 is 11.8 Å². The lowest BCUT2D eigenvalue weighted by Crippen LogP contribution is -2.55. The van der Waals surface area contributed by atoms with Crippen LogP contribution in [0.5, 0.6) is 0 Å². The van der Waals surface area contributed by atoms with E-state index in [1.165, 1.54) is 0 Å². The number of carbonyl (C=O) groups excluding carboxylic acids is 1. The van der Waals surface area contributed by atoms with Crippen LogP contribution in [0, 0.1) is 11.3 Å². The predicted octanol–water partition coefficient (Wildman–Crippen LogP) is 0.891. The highest BCUT2D eigenvalue weighted by atomic mass is 16.4. The second kappa shape index (κ2) is 2.74. The van der Waals surface area contributed by atoms with Crippen LogP contribution in [-0.4, -0.2) is 27.6 Å². The molecule has 16 heavy (non-hydrogen) atoms. The van der Waals surface area contributed by atoms with Crippen LogP contribution in [-0.2, 0) is 9.59 Å². The zero-order chi connectivity index (χ0) is 11.6. The molecule has 3 atom stereocenters. The number of hydrogen-bond acceptors (Lipinski definition) is 3. The molecule has 0 heterocycles. The molecule has 4 bridgehead atoms. The summed E-state index contributed by atoms with van der Waals surface area (Å²) >= 11 is 0. The van der Waals surface area contributed by atoms with Crippen molar-refractivity contribution in [3.05, 3.63) is 11.6 Å². The van der Waals surface area contributed by atoms with E-state index in [2.05, 4.69) is 0 Å². The molecule has 2 N–H and O–H groups in total. The van der Waals surface area contributed by atoms with Gasteiger partial charge in [0, 0.05) is 5.41 Å². The monoisotopic (exact) mass is 222 g/mol. The molecular formula is C12H14O4. The molecule has 4 aliphatic rings. The van der Waals surface area contributed by atoms with Gasteiger partial charge in [-0.05, 0) is 38.0 Å². The van der Waals surface area contributed by atoms with Crippen molar-refractivity contribution in [1.29, 1.82) is 0 Å². The summed E-state index contributed by atoms with van der Waals surface area (Å²) in [5, 5.41) is 19.2. The third-order valence-corrected chi connectivity index (χ3v) is 4.23. The van der Waals surface area contributed by atoms with Gasteiger partial charge in [-0.3, -0.25) is 4.79 Å². The van der Waals surface area contributed by atoms with E-state index in [4.69, 9.17) is 5.11 Å². The molecule has 0 aromatic heterocycles. The minimum absolute atomic E-state index is 0.288. The molecule has 0 aliphatic heterocycles. The Kier molecular flexibility index (Phi) is 1.72. The maximum atomic E-state index is 11.8. The molecule has 0 spiro atoms. The Labute approximate surface area is 93.0 Å². The van der Waals surface area contributed by atoms with E-state index in [0.29, 0.717) is 25.7 Å². The molecule has 86 valence electrons. The van der Waals surface area contributed by atoms with Crippen LogP contribution in [0.25, 0.3) is 0 Å². The van der Waals surface area contributed by atoms with Crippen LogP contribution in [0.2, 0.25) is 0 Å². The van der Waals surface area contributed by atoms with Gasteiger partial charge in [0.15, 0.2) is 0 Å². The quantitative estimate of drug-likeness (QED) is 0.537. The number of ketones is 1. The summed E-state index contributed by atoms with van der Waals surface area (Å²) in [4.78, 5) is 22.7. The molecule has 2 saturated carbocycles. The largest absolute Gasteiger partial charge is 0.475 e. The zero-order valence-electron chi connectivity index (χ0n) is 8.90. The van der Waals surface area contributed by atoms with E-state index >= 15 is 0 Å². The number of aliphatic carboxylic acids is 1. The number of carboxylic acid groups (broad SMARTS) is 1. The number of allylic oxidation sites excluding steroid dienone is 1. The first-order valence-corrected chi connectivity index (χ1v) is 5.63. The average Bonchev–Trinajstić information content (AvgIpc) is 2.12. The molecule has 0 radical (unpaired) electrons. The number of carboxylic acids is 1. The smallest absolute Gasteiger partial charge is 0.372 e. The predicted molar refractivity (Wildman–Crippen MR) is 54.7 cm³/mol. The number of rotatable bonds is 2. The third kappa shape index (κ3) is 1.19. The zero-order valence-corrected chi connectivity index (χ0v) is 8.90. The Bertz CT molecular complexity index is 425. The third-order valence-electron chi connectivity index (χ3n) is 4.23. The van der Waals surface area contributed by atoms with Gasteiger partial charge in [0.25, 0.3) is 0 Å². The maximum Gasteiger partial charge on any atom is 0.372 e. The number of carbonyl (C=O) groups is 2. The molecular weight excluding hydrogens is 208 g/mol. The van der Waals surface area contributed by atoms with Gasteiger partial charge < -0.3 is 10.2 Å². The highest BCUT2D eigenvalue weighted by Crippen LogP contribution is 2.59. The van der Waals surface area contributed by atoms with Crippen LogP contribution in [0.1, 0.15) is 32.1 Å². The summed E-state index contributed by atoms with van der Waals surface area (Å²) < 4.78 is 0. The summed E-state index contributed by atoms with van der Waals surface area (Å²) in [5.41, 5.74) is -0.656. The fourth-order valence-electron chi connectivity index (χ4n) is 4.09. The molecule has 0 aromatic carbocycles. The van der Waals surface area contributed by atoms with Gasteiger partial charge in [0.1, 0.15) is 0 Å². The van der Waals surface area contributed by atoms with Gasteiger partial charge in [-0.25, -0.2) is 4.79 Å². The van der Waals surface area contributed by atoms with Gasteiger partial charge in [-0.2, -0.15) is 0 Å². The summed E-state index contributed by atoms with van der Waals surface area (Å²) in [5.74, 6) is -1.78. The van der Waals surface area contributed by atoms with Crippen LogP contribution < -0.4 is 0 Å². The SMILES string of the molecule is O=C(O)C(=O)C12CC3=CC(O)(CC(C3)C1)C2. The Morgan fingerprint density at radius 3 is 2.69 bits per heavy atom. The van der Waals surface area contributed by atoms with E-state index in [0.717, 1.165) is 12.0 Å². The van der Waals surface area contributed by atoms with Gasteiger partial charge in [-0.1, -0.05) is 11.6 Å². The van der Waals surface area contributed by atoms with Gasteiger partial charge >= 0.3 is 5.97 Å². The first-order chi connectivity index (χ1) is 7.42. The molecule has 4 heteroatoms. The Balaban J connectivity index is 2.04. The fraction of sp³-hybridized carbons (Fsp3) is 0.667. The van der Waals surface area contributed by atoms with Crippen LogP contribution in [0.4, 0.5) is 0 Å². The molecule has 3 unspecified atom stereocenters. The van der Waals surface area contributed by atoms with Crippen molar-refractivity contribution < 1.29 is 19.8 Å². The highest BCUT2D eigenvalue weighted by Gasteiger charge is 2.58. The highest BCUT2D eigenvalue weighted by molar-refractivity contribution is 6.35. The Morgan fingerprint density at radius 1 is 1.38 bits per heavy atom. The average molecular weight is 222 g/mol. The van der Waals surface area contributed by atoms with Crippen molar-refractivity contribution in [3.63, 3.8) is 0 Å². The summed E-state index contributed by atoms with van der Waals surface area (Å²) in [7, 11) is 0. The van der Waals surface area contributed by atoms with Crippen LogP contribution in [0.3, 0.4) is 0 Å². The van der Waals surface area contributed by atoms with E-state index in [1.54, 1.807) is 0 Å². The second-order valence-corrected chi connectivity index (χ2v) is 5.65. The second-order valence-electron chi connectivity index (χ2n) is 5.65. The lowest BCUT2D eigenvalue weighted by molar-refractivity contribution is -0.161. The van der Waals surface area contributed by atoms with Crippen LogP contribution in [0.15, 0.2) is 11.6 Å². The first kappa shape index (κ1) is 10.0. The Hall–Kier alpha value is -1.16. The Morgan fingerprint density at radius 2 is 2.12 bits per heavy atom. The van der Waals surface area contributed by atoms with E-state index in [-0.39, 0.29) is 5.92 Å². The molecule has 0 amide bonds. The molecule has 4 aliphatic carbocycles. The van der Waals surface area contributed by atoms with Gasteiger partial charge in [0.2, 0.25) is 5.78 Å². The minimum atomic E-state index is -1.36. The lowest BCUT2D eigenvalue weighted by Gasteiger charge is -2.54. The van der Waals surface area contributed by atoms with Crippen molar-refractivity contribution in [3.8, 4) is 0 Å². The molecule has 4 rings (SSSR count). The lowest BCUT2D eigenvalue weighted by atomic mass is 9.51. The number of Topliss-reactive ketones (excluding diaryl/α,β-unsaturated/α-hetero) is 1. The number of hydrogen-bond donors (Lipinski definition) is 2. The number of aliphatic hydroxyl groups is 1. The van der Waals surface area contributed by atoms with E-state index in [9.17, 15) is 14.7 Å². The van der Waals surface area contributed by atoms with E-state index < -0.39 is 22.8 Å². The molecule has 0 saturated heterocycles. The molecule has 2 fully saturated rings. The molecule has 0 aromatic rings. The van der Waals surface area contributed by atoms with Crippen molar-refractivity contribution in [2.24, 2.45) is 11.3 Å². The standard InChI is InChI=1S/C12H14O4/c13-9(10(14)15)11-2-7-1-8(3-11)5-12(16,4-7)6-11/h4,8,16H,1-3,5-6H2,(H,14,15). The van der Waals surface area contributed by atoms with Crippen molar-refractivity contribution in [2.75, 3.05) is 0 Å². The summed E-state index contributed by atoms with van der Waals surface area (Å²) in [6.45, 7) is 0. The van der Waals surface area contributed by atoms with Gasteiger partial charge in [0.05, 0.1) is 5.60 Å². The maximum absolute atomic E-state index is 11.8. The topological polar surface area (TPSA) is 74.6 Å². The molecule has 4 nitrogen and oxygen atoms in total. The van der Waals surface area contributed by atoms with Gasteiger partial charge in [-0.15, -0.1) is 0 Å². The van der Waals surface area contributed by atoms with Crippen molar-refractivity contribution in [1.82, 2.24) is 0 Å². The minimum Gasteiger partial charge on any atom is -0.475 e. The van der Waals surface area contributed by atoms with Crippen molar-refractivity contribution in [2.45, 2.75) is 37.7 Å². The normalized spacial score (nSPS) is 44.3. The van der Waals surface area contributed by atoms with E-state index in [1.807, 2.05) is 6.08 Å². The fourth-order valence-corrected chi connectivity index (χ4v) is 4.09.